The van der Waals surface area contributed by atoms with Crippen LogP contribution in [0.5, 0.6) is 5.75 Å². The lowest BCUT2D eigenvalue weighted by Crippen LogP contribution is -2.49. The number of benzene rings is 3. The molecule has 0 saturated carbocycles. The van der Waals surface area contributed by atoms with Crippen LogP contribution in [-0.2, 0) is 0 Å². The third kappa shape index (κ3) is 5.27. The minimum atomic E-state index is 0.0568. The summed E-state index contributed by atoms with van der Waals surface area (Å²) >= 11 is 0. The maximum atomic E-state index is 13.1. The van der Waals surface area contributed by atoms with Crippen molar-refractivity contribution in [1.82, 2.24) is 9.80 Å². The molecule has 1 amide bonds. The lowest BCUT2D eigenvalue weighted by Gasteiger charge is -2.39. The van der Waals surface area contributed by atoms with E-state index in [1.807, 2.05) is 36.1 Å². The molecule has 0 aliphatic carbocycles. The van der Waals surface area contributed by atoms with E-state index < -0.39 is 0 Å². The number of piperazine rings is 1. The first-order chi connectivity index (χ1) is 15.6. The van der Waals surface area contributed by atoms with Crippen molar-refractivity contribution in [3.8, 4) is 5.75 Å². The molecule has 0 atom stereocenters. The first kappa shape index (κ1) is 21.8. The van der Waals surface area contributed by atoms with Crippen LogP contribution in [0.1, 0.15) is 34.5 Å². The Morgan fingerprint density at radius 3 is 2.03 bits per heavy atom. The fraction of sp³-hybridized carbons (Fsp3) is 0.250. The van der Waals surface area contributed by atoms with Gasteiger partial charge < -0.3 is 9.64 Å². The topological polar surface area (TPSA) is 32.8 Å². The fourth-order valence-corrected chi connectivity index (χ4v) is 4.18. The van der Waals surface area contributed by atoms with Crippen LogP contribution in [0, 0.1) is 0 Å². The highest BCUT2D eigenvalue weighted by Gasteiger charge is 2.28. The zero-order valence-corrected chi connectivity index (χ0v) is 18.6. The van der Waals surface area contributed by atoms with E-state index >= 15 is 0 Å². The minimum Gasteiger partial charge on any atom is -0.489 e. The molecule has 0 N–H and O–H groups in total. The number of ether oxygens (including phenoxy) is 1. The van der Waals surface area contributed by atoms with Gasteiger partial charge in [0, 0.05) is 31.7 Å². The molecule has 0 bridgehead atoms. The van der Waals surface area contributed by atoms with E-state index in [4.69, 9.17) is 4.74 Å². The van der Waals surface area contributed by atoms with Gasteiger partial charge in [0.1, 0.15) is 12.4 Å². The Hall–Kier alpha value is -3.37. The van der Waals surface area contributed by atoms with Crippen LogP contribution in [0.4, 0.5) is 0 Å². The second-order valence-electron chi connectivity index (χ2n) is 8.33. The highest BCUT2D eigenvalue weighted by molar-refractivity contribution is 5.94. The molecule has 1 saturated heterocycles. The van der Waals surface area contributed by atoms with E-state index in [0.29, 0.717) is 31.0 Å². The highest BCUT2D eigenvalue weighted by Crippen LogP contribution is 2.29. The quantitative estimate of drug-likeness (QED) is 0.488. The van der Waals surface area contributed by atoms with Gasteiger partial charge in [0.25, 0.3) is 5.91 Å². The summed E-state index contributed by atoms with van der Waals surface area (Å²) in [5.74, 6) is 0.757. The first-order valence-electron chi connectivity index (χ1n) is 11.1. The third-order valence-corrected chi connectivity index (χ3v) is 5.76. The predicted octanol–water partition coefficient (Wildman–Crippen LogP) is 5.19. The van der Waals surface area contributed by atoms with Gasteiger partial charge in [-0.15, -0.1) is 0 Å². The minimum absolute atomic E-state index is 0.0568. The van der Waals surface area contributed by atoms with Crippen molar-refractivity contribution in [2.45, 2.75) is 13.0 Å². The summed E-state index contributed by atoms with van der Waals surface area (Å²) in [5, 5.41) is 0. The number of rotatable bonds is 7. The van der Waals surface area contributed by atoms with Gasteiger partial charge in [-0.05, 0) is 41.8 Å². The first-order valence-corrected chi connectivity index (χ1v) is 11.1. The number of carbonyl (C=O) groups is 1. The van der Waals surface area contributed by atoms with Crippen molar-refractivity contribution >= 4 is 5.91 Å². The van der Waals surface area contributed by atoms with Gasteiger partial charge in [0.2, 0.25) is 0 Å². The number of hydrogen-bond donors (Lipinski definition) is 0. The van der Waals surface area contributed by atoms with Crippen LogP contribution in [0.2, 0.25) is 0 Å². The third-order valence-electron chi connectivity index (χ3n) is 5.76. The van der Waals surface area contributed by atoms with Gasteiger partial charge in [-0.25, -0.2) is 0 Å². The van der Waals surface area contributed by atoms with Gasteiger partial charge in [0.15, 0.2) is 0 Å². The smallest absolute Gasteiger partial charge is 0.254 e. The van der Waals surface area contributed by atoms with Crippen LogP contribution in [0.3, 0.4) is 0 Å². The molecule has 0 unspecified atom stereocenters. The van der Waals surface area contributed by atoms with E-state index in [1.54, 1.807) is 0 Å². The van der Waals surface area contributed by atoms with Gasteiger partial charge in [-0.2, -0.15) is 0 Å². The standard InChI is InChI=1S/C28H30N2O2/c1-22(2)21-32-26-15-9-14-25(20-26)28(31)30-18-16-29(17-19-30)27(23-10-5-3-6-11-23)24-12-7-4-8-13-24/h3-15,20,27H,1,16-19,21H2,2H3. The second-order valence-corrected chi connectivity index (χ2v) is 8.33. The van der Waals surface area contributed by atoms with E-state index in [-0.39, 0.29) is 11.9 Å². The normalized spacial score (nSPS) is 14.4. The maximum absolute atomic E-state index is 13.1. The summed E-state index contributed by atoms with van der Waals surface area (Å²) in [6.07, 6.45) is 0. The Bertz CT molecular complexity index is 1000. The summed E-state index contributed by atoms with van der Waals surface area (Å²) in [5.41, 5.74) is 4.17. The number of carbonyl (C=O) groups excluding carboxylic acids is 1. The van der Waals surface area contributed by atoms with E-state index in [2.05, 4.69) is 72.1 Å². The average molecular weight is 427 g/mol. The molecule has 0 spiro atoms. The SMILES string of the molecule is C=C(C)COc1cccc(C(=O)N2CCN(C(c3ccccc3)c3ccccc3)CC2)c1. The van der Waals surface area contributed by atoms with Crippen LogP contribution in [0.15, 0.2) is 97.1 Å². The molecule has 32 heavy (non-hydrogen) atoms. The molecule has 1 fully saturated rings. The molecule has 4 heteroatoms. The molecule has 164 valence electrons. The molecule has 1 heterocycles. The molecule has 1 aliphatic rings. The maximum Gasteiger partial charge on any atom is 0.254 e. The molecule has 1 aliphatic heterocycles. The molecular formula is C28H30N2O2. The largest absolute Gasteiger partial charge is 0.489 e. The van der Waals surface area contributed by atoms with Crippen LogP contribution in [0.25, 0.3) is 0 Å². The molecule has 0 radical (unpaired) electrons. The van der Waals surface area contributed by atoms with Crippen molar-refractivity contribution in [2.75, 3.05) is 32.8 Å². The molecule has 0 aromatic heterocycles. The monoisotopic (exact) mass is 426 g/mol. The van der Waals surface area contributed by atoms with Crippen LogP contribution >= 0.6 is 0 Å². The van der Waals surface area contributed by atoms with E-state index in [0.717, 1.165) is 18.7 Å². The Morgan fingerprint density at radius 2 is 1.47 bits per heavy atom. The van der Waals surface area contributed by atoms with Crippen molar-refractivity contribution in [2.24, 2.45) is 0 Å². The molecule has 3 aromatic carbocycles. The lowest BCUT2D eigenvalue weighted by molar-refractivity contribution is 0.0597. The zero-order chi connectivity index (χ0) is 22.3. The average Bonchev–Trinajstić information content (AvgIpc) is 2.84. The van der Waals surface area contributed by atoms with Gasteiger partial charge in [0.05, 0.1) is 6.04 Å². The number of amides is 1. The Morgan fingerprint density at radius 1 is 0.875 bits per heavy atom. The summed E-state index contributed by atoms with van der Waals surface area (Å²) in [6, 6.07) is 28.8. The zero-order valence-electron chi connectivity index (χ0n) is 18.6. The number of nitrogens with zero attached hydrogens (tertiary/aromatic N) is 2. The highest BCUT2D eigenvalue weighted by atomic mass is 16.5. The predicted molar refractivity (Wildman–Crippen MR) is 129 cm³/mol. The van der Waals surface area contributed by atoms with Gasteiger partial charge in [-0.1, -0.05) is 73.3 Å². The molecule has 3 aromatic rings. The van der Waals surface area contributed by atoms with Crippen LogP contribution in [-0.4, -0.2) is 48.5 Å². The Labute approximate surface area is 190 Å². The Kier molecular flexibility index (Phi) is 7.03. The fourth-order valence-electron chi connectivity index (χ4n) is 4.18. The van der Waals surface area contributed by atoms with Crippen molar-refractivity contribution in [1.29, 1.82) is 0 Å². The molecular weight excluding hydrogens is 396 g/mol. The Balaban J connectivity index is 1.45. The summed E-state index contributed by atoms with van der Waals surface area (Å²) in [6.45, 7) is 9.29. The second kappa shape index (κ2) is 10.3. The van der Waals surface area contributed by atoms with Gasteiger partial charge in [-0.3, -0.25) is 9.69 Å². The number of hydrogen-bond acceptors (Lipinski definition) is 3. The van der Waals surface area contributed by atoms with Crippen molar-refractivity contribution < 1.29 is 9.53 Å². The summed E-state index contributed by atoms with van der Waals surface area (Å²) in [7, 11) is 0. The molecule has 4 nitrogen and oxygen atoms in total. The lowest BCUT2D eigenvalue weighted by atomic mass is 9.96. The summed E-state index contributed by atoms with van der Waals surface area (Å²) in [4.78, 5) is 17.6. The molecule has 4 rings (SSSR count). The van der Waals surface area contributed by atoms with Gasteiger partial charge >= 0.3 is 0 Å². The van der Waals surface area contributed by atoms with Crippen molar-refractivity contribution in [3.05, 3.63) is 114 Å². The van der Waals surface area contributed by atoms with E-state index in [9.17, 15) is 4.79 Å². The van der Waals surface area contributed by atoms with Crippen LogP contribution < -0.4 is 4.74 Å². The van der Waals surface area contributed by atoms with E-state index in [1.165, 1.54) is 11.1 Å². The summed E-state index contributed by atoms with van der Waals surface area (Å²) < 4.78 is 5.71. The van der Waals surface area contributed by atoms with Crippen molar-refractivity contribution in [3.63, 3.8) is 0 Å².